The smallest absolute Gasteiger partial charge is 0.303 e. The molecule has 6 heteroatoms. The molecular formula is C18H20O5S. The molecule has 0 fully saturated rings. The normalized spacial score (nSPS) is 12.6. The third-order valence-electron chi connectivity index (χ3n) is 3.95. The molecule has 0 aromatic heterocycles. The zero-order chi connectivity index (χ0) is 17.7. The van der Waals surface area contributed by atoms with Crippen molar-refractivity contribution in [3.05, 3.63) is 54.1 Å². The number of carbonyl (C=O) groups is 1. The second-order valence-electron chi connectivity index (χ2n) is 5.45. The quantitative estimate of drug-likeness (QED) is 0.828. The number of carboxylic acid groups (broad SMARTS) is 1. The monoisotopic (exact) mass is 348 g/mol. The maximum Gasteiger partial charge on any atom is 0.303 e. The topological polar surface area (TPSA) is 80.7 Å². The zero-order valence-electron chi connectivity index (χ0n) is 13.6. The van der Waals surface area contributed by atoms with Gasteiger partial charge in [0.25, 0.3) is 0 Å². The predicted molar refractivity (Wildman–Crippen MR) is 90.2 cm³/mol. The number of aliphatic carboxylic acids is 1. The van der Waals surface area contributed by atoms with Crippen LogP contribution in [0.15, 0.2) is 58.3 Å². The number of carboxylic acids is 1. The Hall–Kier alpha value is -2.34. The minimum Gasteiger partial charge on any atom is -0.497 e. The van der Waals surface area contributed by atoms with Gasteiger partial charge in [0.15, 0.2) is 0 Å². The minimum atomic E-state index is -3.61. The van der Waals surface area contributed by atoms with Gasteiger partial charge < -0.3 is 9.84 Å². The van der Waals surface area contributed by atoms with Gasteiger partial charge >= 0.3 is 5.97 Å². The third kappa shape index (κ3) is 3.94. The molecule has 0 saturated heterocycles. The summed E-state index contributed by atoms with van der Waals surface area (Å²) < 4.78 is 30.3. The van der Waals surface area contributed by atoms with Crippen LogP contribution in [0.4, 0.5) is 0 Å². The summed E-state index contributed by atoms with van der Waals surface area (Å²) in [6.07, 6.45) is 0.706. The molecule has 1 N–H and O–H groups in total. The Morgan fingerprint density at radius 3 is 1.96 bits per heavy atom. The fourth-order valence-electron chi connectivity index (χ4n) is 2.52. The van der Waals surface area contributed by atoms with Crippen LogP contribution >= 0.6 is 0 Å². The van der Waals surface area contributed by atoms with Crippen LogP contribution in [0.1, 0.15) is 31.2 Å². The Bertz CT molecular complexity index is 792. The molecule has 0 spiro atoms. The van der Waals surface area contributed by atoms with Crippen LogP contribution in [0.2, 0.25) is 0 Å². The number of sulfone groups is 1. The van der Waals surface area contributed by atoms with Gasteiger partial charge in [-0.15, -0.1) is 0 Å². The first-order chi connectivity index (χ1) is 11.4. The summed E-state index contributed by atoms with van der Waals surface area (Å²) >= 11 is 0. The first-order valence-corrected chi connectivity index (χ1v) is 9.07. The van der Waals surface area contributed by atoms with Crippen LogP contribution in [-0.2, 0) is 14.6 Å². The summed E-state index contributed by atoms with van der Waals surface area (Å²) in [5.41, 5.74) is 0.827. The largest absolute Gasteiger partial charge is 0.497 e. The van der Waals surface area contributed by atoms with Crippen molar-refractivity contribution in [2.75, 3.05) is 7.11 Å². The Kier molecular flexibility index (Phi) is 5.62. The van der Waals surface area contributed by atoms with E-state index >= 15 is 0 Å². The van der Waals surface area contributed by atoms with Crippen LogP contribution in [-0.4, -0.2) is 26.6 Å². The molecule has 0 radical (unpaired) electrons. The van der Waals surface area contributed by atoms with Crippen molar-refractivity contribution in [2.45, 2.75) is 35.5 Å². The Morgan fingerprint density at radius 2 is 1.54 bits per heavy atom. The van der Waals surface area contributed by atoms with Crippen LogP contribution in [0.5, 0.6) is 5.75 Å². The third-order valence-corrected chi connectivity index (χ3v) is 5.73. The van der Waals surface area contributed by atoms with E-state index in [1.807, 2.05) is 6.92 Å². The second kappa shape index (κ2) is 7.49. The average molecular weight is 348 g/mol. The molecule has 1 atom stereocenters. The predicted octanol–water partition coefficient (Wildman–Crippen LogP) is 3.50. The SMILES string of the molecule is CCC(CC(=O)O)c1ccc(S(=O)(=O)c2ccc(OC)cc2)cc1. The van der Waals surface area contributed by atoms with E-state index in [0.717, 1.165) is 5.56 Å². The van der Waals surface area contributed by atoms with Gasteiger partial charge in [-0.1, -0.05) is 19.1 Å². The van der Waals surface area contributed by atoms with Gasteiger partial charge in [-0.25, -0.2) is 8.42 Å². The number of hydrogen-bond donors (Lipinski definition) is 1. The molecule has 2 aromatic rings. The van der Waals surface area contributed by atoms with Crippen LogP contribution in [0.25, 0.3) is 0 Å². The van der Waals surface area contributed by atoms with E-state index in [-0.39, 0.29) is 22.1 Å². The van der Waals surface area contributed by atoms with E-state index in [9.17, 15) is 13.2 Å². The molecule has 2 rings (SSSR count). The van der Waals surface area contributed by atoms with Crippen molar-refractivity contribution in [3.63, 3.8) is 0 Å². The molecule has 0 aliphatic carbocycles. The number of ether oxygens (including phenoxy) is 1. The molecule has 24 heavy (non-hydrogen) atoms. The molecule has 0 bridgehead atoms. The van der Waals surface area contributed by atoms with Gasteiger partial charge in [-0.2, -0.15) is 0 Å². The van der Waals surface area contributed by atoms with Gasteiger partial charge in [0, 0.05) is 0 Å². The molecule has 128 valence electrons. The maximum absolute atomic E-state index is 12.6. The van der Waals surface area contributed by atoms with Crippen LogP contribution in [0, 0.1) is 0 Å². The minimum absolute atomic E-state index is 0.0288. The molecule has 0 saturated carbocycles. The van der Waals surface area contributed by atoms with Crippen molar-refractivity contribution >= 4 is 15.8 Å². The standard InChI is InChI=1S/C18H20O5S/c1-3-13(12-18(19)20)14-4-8-16(9-5-14)24(21,22)17-10-6-15(23-2)7-11-17/h4-11,13H,3,12H2,1-2H3,(H,19,20). The molecule has 0 amide bonds. The lowest BCUT2D eigenvalue weighted by molar-refractivity contribution is -0.137. The lowest BCUT2D eigenvalue weighted by atomic mass is 9.93. The van der Waals surface area contributed by atoms with E-state index in [4.69, 9.17) is 9.84 Å². The Balaban J connectivity index is 2.29. The molecule has 1 unspecified atom stereocenters. The molecule has 5 nitrogen and oxygen atoms in total. The van der Waals surface area contributed by atoms with E-state index in [0.29, 0.717) is 12.2 Å². The fourth-order valence-corrected chi connectivity index (χ4v) is 3.78. The highest BCUT2D eigenvalue weighted by molar-refractivity contribution is 7.91. The van der Waals surface area contributed by atoms with E-state index in [1.54, 1.807) is 24.3 Å². The van der Waals surface area contributed by atoms with Crippen molar-refractivity contribution in [2.24, 2.45) is 0 Å². The lowest BCUT2D eigenvalue weighted by Gasteiger charge is -2.13. The number of hydrogen-bond acceptors (Lipinski definition) is 4. The van der Waals surface area contributed by atoms with Gasteiger partial charge in [-0.05, 0) is 54.3 Å². The summed E-state index contributed by atoms with van der Waals surface area (Å²) in [5.74, 6) is -0.402. The molecule has 2 aromatic carbocycles. The van der Waals surface area contributed by atoms with Gasteiger partial charge in [0.05, 0.1) is 23.3 Å². The summed E-state index contributed by atoms with van der Waals surface area (Å²) in [6.45, 7) is 1.91. The first kappa shape index (κ1) is 18.0. The van der Waals surface area contributed by atoms with Crippen molar-refractivity contribution in [1.29, 1.82) is 0 Å². The first-order valence-electron chi connectivity index (χ1n) is 7.59. The molecular weight excluding hydrogens is 328 g/mol. The van der Waals surface area contributed by atoms with E-state index in [1.165, 1.54) is 31.4 Å². The number of benzene rings is 2. The van der Waals surface area contributed by atoms with Crippen molar-refractivity contribution < 1.29 is 23.1 Å². The lowest BCUT2D eigenvalue weighted by Crippen LogP contribution is -2.06. The van der Waals surface area contributed by atoms with Gasteiger partial charge in [-0.3, -0.25) is 4.79 Å². The summed E-state index contributed by atoms with van der Waals surface area (Å²) in [7, 11) is -2.09. The Labute approximate surface area is 141 Å². The van der Waals surface area contributed by atoms with Gasteiger partial charge in [0.2, 0.25) is 9.84 Å². The van der Waals surface area contributed by atoms with Crippen molar-refractivity contribution in [3.8, 4) is 5.75 Å². The fraction of sp³-hybridized carbons (Fsp3) is 0.278. The summed E-state index contributed by atoms with van der Waals surface area (Å²) in [6, 6.07) is 12.6. The van der Waals surface area contributed by atoms with E-state index in [2.05, 4.69) is 0 Å². The van der Waals surface area contributed by atoms with Crippen LogP contribution < -0.4 is 4.74 Å². The summed E-state index contributed by atoms with van der Waals surface area (Å²) in [5, 5.41) is 8.95. The number of rotatable bonds is 7. The van der Waals surface area contributed by atoms with E-state index < -0.39 is 15.8 Å². The average Bonchev–Trinajstić information content (AvgIpc) is 2.59. The highest BCUT2D eigenvalue weighted by Crippen LogP contribution is 2.27. The molecule has 0 aliphatic heterocycles. The Morgan fingerprint density at radius 1 is 1.04 bits per heavy atom. The number of methoxy groups -OCH3 is 1. The zero-order valence-corrected chi connectivity index (χ0v) is 14.4. The highest BCUT2D eigenvalue weighted by atomic mass is 32.2. The maximum atomic E-state index is 12.6. The van der Waals surface area contributed by atoms with Gasteiger partial charge in [0.1, 0.15) is 5.75 Å². The highest BCUT2D eigenvalue weighted by Gasteiger charge is 2.19. The molecule has 0 heterocycles. The summed E-state index contributed by atoms with van der Waals surface area (Å²) in [4.78, 5) is 11.3. The van der Waals surface area contributed by atoms with Crippen LogP contribution in [0.3, 0.4) is 0 Å². The molecule has 0 aliphatic rings. The van der Waals surface area contributed by atoms with Crippen molar-refractivity contribution in [1.82, 2.24) is 0 Å². The second-order valence-corrected chi connectivity index (χ2v) is 7.40.